The van der Waals surface area contributed by atoms with Gasteiger partial charge in [0.05, 0.1) is 30.1 Å². The number of aromatic nitrogens is 1. The van der Waals surface area contributed by atoms with Gasteiger partial charge in [0.1, 0.15) is 17.5 Å². The summed E-state index contributed by atoms with van der Waals surface area (Å²) in [5.74, 6) is -0.346. The van der Waals surface area contributed by atoms with Crippen LogP contribution in [0.2, 0.25) is 0 Å². The molecule has 1 aliphatic heterocycles. The van der Waals surface area contributed by atoms with E-state index in [1.165, 1.54) is 17.0 Å². The third-order valence-electron chi connectivity index (χ3n) is 5.24. The number of hydrazine groups is 2. The molecular weight excluding hydrogens is 451 g/mol. The minimum Gasteiger partial charge on any atom is -0.493 e. The second-order valence-electron chi connectivity index (χ2n) is 8.09. The highest BCUT2D eigenvalue weighted by Crippen LogP contribution is 2.40. The molecule has 1 aromatic carbocycles. The maximum atomic E-state index is 13.8. The Bertz CT molecular complexity index is 1100. The van der Waals surface area contributed by atoms with Crippen molar-refractivity contribution in [3.05, 3.63) is 35.5 Å². The number of fused-ring (bicyclic) bond motifs is 1. The number of benzene rings is 1. The Balaban J connectivity index is 1.76. The quantitative estimate of drug-likeness (QED) is 0.561. The Hall–Kier alpha value is -3.56. The maximum absolute atomic E-state index is 13.8. The summed E-state index contributed by atoms with van der Waals surface area (Å²) in [7, 11) is 6.79. The number of hydrogen-bond acceptors (Lipinski definition) is 8. The maximum Gasteiger partial charge on any atom is 0.419 e. The van der Waals surface area contributed by atoms with E-state index in [2.05, 4.69) is 15.9 Å². The molecule has 1 amide bonds. The minimum atomic E-state index is -4.64. The Morgan fingerprint density at radius 3 is 2.65 bits per heavy atom. The molecule has 0 unspecified atom stereocenters. The summed E-state index contributed by atoms with van der Waals surface area (Å²) in [6, 6.07) is 7.28. The molecule has 0 bridgehead atoms. The number of hydrogen-bond donors (Lipinski definition) is 2. The van der Waals surface area contributed by atoms with E-state index in [0.717, 1.165) is 6.07 Å². The molecule has 0 atom stereocenters. The first-order chi connectivity index (χ1) is 16.0. The molecule has 0 radical (unpaired) electrons. The molecular formula is C22H26F3N7O2. The Labute approximate surface area is 195 Å². The average Bonchev–Trinajstić information content (AvgIpc) is 3.16. The molecule has 1 aliphatic rings. The van der Waals surface area contributed by atoms with Gasteiger partial charge >= 0.3 is 6.18 Å². The first-order valence-corrected chi connectivity index (χ1v) is 10.4. The van der Waals surface area contributed by atoms with Crippen LogP contribution in [-0.4, -0.2) is 68.6 Å². The van der Waals surface area contributed by atoms with Crippen molar-refractivity contribution in [3.63, 3.8) is 0 Å². The van der Waals surface area contributed by atoms with E-state index in [1.807, 2.05) is 6.07 Å². The molecule has 0 aliphatic carbocycles. The SMILES string of the molecule is CN(CCCOc1ccc(-c2cc3c(c(C#N)n2)NNN3C)cc1C(F)(F)F)CC(=O)N(C)C. The number of anilines is 2. The molecule has 3 rings (SSSR count). The summed E-state index contributed by atoms with van der Waals surface area (Å²) in [5.41, 5.74) is 6.25. The van der Waals surface area contributed by atoms with Crippen LogP contribution >= 0.6 is 0 Å². The van der Waals surface area contributed by atoms with Crippen LogP contribution in [-0.2, 0) is 11.0 Å². The fourth-order valence-corrected chi connectivity index (χ4v) is 3.35. The number of carbonyl (C=O) groups is 1. The highest BCUT2D eigenvalue weighted by Gasteiger charge is 2.35. The van der Waals surface area contributed by atoms with Crippen molar-refractivity contribution in [2.45, 2.75) is 12.6 Å². The van der Waals surface area contributed by atoms with Crippen molar-refractivity contribution in [2.75, 3.05) is 58.3 Å². The third-order valence-corrected chi connectivity index (χ3v) is 5.24. The number of halogens is 3. The summed E-state index contributed by atoms with van der Waals surface area (Å²) in [5, 5.41) is 11.0. The van der Waals surface area contributed by atoms with Crippen LogP contribution in [0.1, 0.15) is 17.7 Å². The lowest BCUT2D eigenvalue weighted by Crippen LogP contribution is -2.35. The number of ether oxygens (including phenoxy) is 1. The van der Waals surface area contributed by atoms with E-state index in [1.54, 1.807) is 44.2 Å². The molecule has 2 heterocycles. The summed E-state index contributed by atoms with van der Waals surface area (Å²) >= 11 is 0. The number of nitrogens with one attached hydrogen (secondary N) is 2. The number of pyridine rings is 1. The van der Waals surface area contributed by atoms with Gasteiger partial charge in [-0.1, -0.05) is 0 Å². The first kappa shape index (κ1) is 25.1. The summed E-state index contributed by atoms with van der Waals surface area (Å²) in [6.45, 7) is 0.763. The van der Waals surface area contributed by atoms with Crippen LogP contribution in [0, 0.1) is 11.3 Å². The molecule has 2 aromatic rings. The number of nitrogens with zero attached hydrogens (tertiary/aromatic N) is 5. The molecule has 0 spiro atoms. The van der Waals surface area contributed by atoms with Gasteiger partial charge in [-0.25, -0.2) is 4.98 Å². The Morgan fingerprint density at radius 2 is 2.00 bits per heavy atom. The van der Waals surface area contributed by atoms with E-state index in [9.17, 15) is 23.2 Å². The van der Waals surface area contributed by atoms with Gasteiger partial charge in [0.2, 0.25) is 5.91 Å². The van der Waals surface area contributed by atoms with Crippen molar-refractivity contribution < 1.29 is 22.7 Å². The highest BCUT2D eigenvalue weighted by molar-refractivity contribution is 5.81. The smallest absolute Gasteiger partial charge is 0.419 e. The van der Waals surface area contributed by atoms with Crippen molar-refractivity contribution in [2.24, 2.45) is 0 Å². The van der Waals surface area contributed by atoms with Crippen molar-refractivity contribution >= 4 is 17.3 Å². The van der Waals surface area contributed by atoms with Gasteiger partial charge in [-0.15, -0.1) is 5.53 Å². The van der Waals surface area contributed by atoms with Gasteiger partial charge in [-0.3, -0.25) is 20.1 Å². The number of carbonyl (C=O) groups excluding carboxylic acids is 1. The number of rotatable bonds is 8. The van der Waals surface area contributed by atoms with Gasteiger partial charge in [-0.2, -0.15) is 18.4 Å². The first-order valence-electron chi connectivity index (χ1n) is 10.4. The monoisotopic (exact) mass is 477 g/mol. The van der Waals surface area contributed by atoms with Crippen molar-refractivity contribution in [1.29, 1.82) is 5.26 Å². The van der Waals surface area contributed by atoms with Crippen LogP contribution in [0.3, 0.4) is 0 Å². The Morgan fingerprint density at radius 1 is 1.26 bits per heavy atom. The number of nitriles is 1. The normalized spacial score (nSPS) is 12.9. The van der Waals surface area contributed by atoms with E-state index >= 15 is 0 Å². The lowest BCUT2D eigenvalue weighted by molar-refractivity contribution is -0.139. The van der Waals surface area contributed by atoms with Crippen molar-refractivity contribution in [1.82, 2.24) is 20.3 Å². The van der Waals surface area contributed by atoms with Crippen LogP contribution in [0.25, 0.3) is 11.3 Å². The van der Waals surface area contributed by atoms with Gasteiger partial charge in [0.25, 0.3) is 0 Å². The van der Waals surface area contributed by atoms with E-state index in [0.29, 0.717) is 24.3 Å². The summed E-state index contributed by atoms with van der Waals surface area (Å²) in [4.78, 5) is 19.2. The summed E-state index contributed by atoms with van der Waals surface area (Å²) < 4.78 is 46.8. The highest BCUT2D eigenvalue weighted by atomic mass is 19.4. The number of likely N-dealkylation sites (N-methyl/N-ethyl adjacent to an activating group) is 2. The van der Waals surface area contributed by atoms with E-state index in [-0.39, 0.29) is 41.8 Å². The largest absolute Gasteiger partial charge is 0.493 e. The van der Waals surface area contributed by atoms with Crippen LogP contribution < -0.4 is 20.7 Å². The molecule has 12 heteroatoms. The average molecular weight is 477 g/mol. The minimum absolute atomic E-state index is 0.0563. The third kappa shape index (κ3) is 5.67. The fourth-order valence-electron chi connectivity index (χ4n) is 3.35. The predicted molar refractivity (Wildman–Crippen MR) is 121 cm³/mol. The molecule has 0 saturated carbocycles. The van der Waals surface area contributed by atoms with Gasteiger partial charge in [0, 0.05) is 33.3 Å². The van der Waals surface area contributed by atoms with E-state index in [4.69, 9.17) is 4.74 Å². The summed E-state index contributed by atoms with van der Waals surface area (Å²) in [6.07, 6.45) is -4.20. The Kier molecular flexibility index (Phi) is 7.48. The molecule has 9 nitrogen and oxygen atoms in total. The lowest BCUT2D eigenvalue weighted by Gasteiger charge is -2.19. The molecule has 1 aromatic heterocycles. The standard InChI is InChI=1S/C22H26F3N7O2/c1-30(2)20(33)13-31(3)8-5-9-34-19-7-6-14(10-15(19)22(23,24)25)16-11-18-21(17(12-26)27-16)28-29-32(18)4/h6-7,10-11,28-29H,5,8-9,13H2,1-4H3. The second-order valence-corrected chi connectivity index (χ2v) is 8.09. The molecule has 2 N–H and O–H groups in total. The zero-order valence-corrected chi connectivity index (χ0v) is 19.3. The number of amides is 1. The molecule has 0 saturated heterocycles. The van der Waals surface area contributed by atoms with E-state index < -0.39 is 11.7 Å². The molecule has 182 valence electrons. The van der Waals surface area contributed by atoms with Crippen molar-refractivity contribution in [3.8, 4) is 23.1 Å². The zero-order chi connectivity index (χ0) is 25.0. The molecule has 34 heavy (non-hydrogen) atoms. The zero-order valence-electron chi connectivity index (χ0n) is 19.3. The van der Waals surface area contributed by atoms with Gasteiger partial charge in [0.15, 0.2) is 5.69 Å². The van der Waals surface area contributed by atoms with Crippen LogP contribution in [0.4, 0.5) is 24.5 Å². The predicted octanol–water partition coefficient (Wildman–Crippen LogP) is 2.71. The second kappa shape index (κ2) is 10.1. The lowest BCUT2D eigenvalue weighted by atomic mass is 10.0. The van der Waals surface area contributed by atoms with Crippen LogP contribution in [0.5, 0.6) is 5.75 Å². The fraction of sp³-hybridized carbons (Fsp3) is 0.409. The topological polar surface area (TPSA) is 96.8 Å². The molecule has 0 fully saturated rings. The van der Waals surface area contributed by atoms with Gasteiger partial charge in [-0.05, 0) is 37.7 Å². The number of alkyl halides is 3. The van der Waals surface area contributed by atoms with Gasteiger partial charge < -0.3 is 9.64 Å². The van der Waals surface area contributed by atoms with Crippen LogP contribution in [0.15, 0.2) is 24.3 Å².